The van der Waals surface area contributed by atoms with E-state index in [0.717, 1.165) is 11.4 Å². The normalized spacial score (nSPS) is 11.9. The molecule has 57 heavy (non-hydrogen) atoms. The first-order valence-electron chi connectivity index (χ1n) is 19.7. The largest absolute Gasteiger partial charge is 0.309 e. The van der Waals surface area contributed by atoms with Crippen molar-refractivity contribution in [1.29, 1.82) is 0 Å². The van der Waals surface area contributed by atoms with E-state index in [1.54, 1.807) is 0 Å². The molecular formula is C54H38N2Si. The summed E-state index contributed by atoms with van der Waals surface area (Å²) in [5.41, 5.74) is 9.57. The monoisotopic (exact) mass is 742 g/mol. The van der Waals surface area contributed by atoms with Crippen LogP contribution in [0.1, 0.15) is 0 Å². The highest BCUT2D eigenvalue weighted by Gasteiger charge is 2.41. The van der Waals surface area contributed by atoms with E-state index in [9.17, 15) is 0 Å². The molecule has 268 valence electrons. The van der Waals surface area contributed by atoms with E-state index in [1.165, 1.54) is 75.5 Å². The van der Waals surface area contributed by atoms with Crippen molar-refractivity contribution in [2.24, 2.45) is 0 Å². The van der Waals surface area contributed by atoms with Crippen LogP contribution < -0.4 is 20.7 Å². The predicted molar refractivity (Wildman–Crippen MR) is 244 cm³/mol. The summed E-state index contributed by atoms with van der Waals surface area (Å²) < 4.78 is 4.89. The molecule has 0 N–H and O–H groups in total. The molecule has 0 aliphatic heterocycles. The van der Waals surface area contributed by atoms with Crippen LogP contribution in [0.5, 0.6) is 0 Å². The molecule has 0 aliphatic carbocycles. The molecule has 9 aromatic carbocycles. The van der Waals surface area contributed by atoms with Crippen molar-refractivity contribution in [2.75, 3.05) is 0 Å². The summed E-state index contributed by atoms with van der Waals surface area (Å²) in [7, 11) is -2.69. The average molecular weight is 743 g/mol. The standard InChI is InChI=1S/C54H38N2Si/c1-6-20-41(21-7-1)55-50-32-17-16-31-48(50)53-52(55)36-34-47-49-38-40(33-35-51(49)56(54(47)53)42-22-8-2-9-23-42)39-19-18-30-46(37-39)57(43-24-10-3-11-25-43,44-26-12-4-13-27-44)45-28-14-5-15-29-45/h1-38H. The van der Waals surface area contributed by atoms with Crippen LogP contribution in [0, 0.1) is 0 Å². The number of fused-ring (bicyclic) bond motifs is 7. The van der Waals surface area contributed by atoms with Gasteiger partial charge in [-0.25, -0.2) is 0 Å². The zero-order valence-corrected chi connectivity index (χ0v) is 32.3. The molecular weight excluding hydrogens is 705 g/mol. The second-order valence-corrected chi connectivity index (χ2v) is 18.7. The Morgan fingerprint density at radius 1 is 0.281 bits per heavy atom. The lowest BCUT2D eigenvalue weighted by molar-refractivity contribution is 1.17. The Kier molecular flexibility index (Phi) is 7.87. The van der Waals surface area contributed by atoms with E-state index >= 15 is 0 Å². The van der Waals surface area contributed by atoms with Gasteiger partial charge in [0.1, 0.15) is 0 Å². The minimum atomic E-state index is -2.69. The number of nitrogens with zero attached hydrogens (tertiary/aromatic N) is 2. The lowest BCUT2D eigenvalue weighted by atomic mass is 10.0. The van der Waals surface area contributed by atoms with Gasteiger partial charge >= 0.3 is 0 Å². The Balaban J connectivity index is 1.18. The van der Waals surface area contributed by atoms with Crippen molar-refractivity contribution in [3.8, 4) is 22.5 Å². The number of para-hydroxylation sites is 3. The second kappa shape index (κ2) is 13.5. The van der Waals surface area contributed by atoms with Crippen LogP contribution in [-0.2, 0) is 0 Å². The van der Waals surface area contributed by atoms with Crippen LogP contribution in [0.2, 0.25) is 0 Å². The minimum Gasteiger partial charge on any atom is -0.309 e. The molecule has 0 atom stereocenters. The summed E-state index contributed by atoms with van der Waals surface area (Å²) in [5.74, 6) is 0. The number of hydrogen-bond acceptors (Lipinski definition) is 0. The Morgan fingerprint density at radius 3 is 1.37 bits per heavy atom. The zero-order chi connectivity index (χ0) is 37.8. The van der Waals surface area contributed by atoms with Gasteiger partial charge in [-0.05, 0) is 80.4 Å². The Hall–Kier alpha value is -7.20. The van der Waals surface area contributed by atoms with Gasteiger partial charge in [-0.2, -0.15) is 0 Å². The minimum absolute atomic E-state index is 1.15. The molecule has 0 amide bonds. The van der Waals surface area contributed by atoms with Gasteiger partial charge in [0.15, 0.2) is 8.07 Å². The fraction of sp³-hybridized carbons (Fsp3) is 0. The topological polar surface area (TPSA) is 9.86 Å². The van der Waals surface area contributed by atoms with Crippen LogP contribution in [0.3, 0.4) is 0 Å². The summed E-state index contributed by atoms with van der Waals surface area (Å²) in [6.45, 7) is 0. The third-order valence-corrected chi connectivity index (χ3v) is 16.6. The Morgan fingerprint density at radius 2 is 0.754 bits per heavy atom. The van der Waals surface area contributed by atoms with Crippen molar-refractivity contribution < 1.29 is 0 Å². The average Bonchev–Trinajstić information content (AvgIpc) is 3.81. The SMILES string of the molecule is c1ccc(-n2c3ccccc3c3c2ccc2c4cc(-c5cccc([Si](c6ccccc6)(c6ccccc6)c6ccccc6)c5)ccc4n(-c4ccccc4)c23)cc1. The lowest BCUT2D eigenvalue weighted by Crippen LogP contribution is -2.74. The molecule has 0 saturated heterocycles. The Labute approximate surface area is 333 Å². The highest BCUT2D eigenvalue weighted by atomic mass is 28.3. The first-order valence-corrected chi connectivity index (χ1v) is 21.7. The number of hydrogen-bond donors (Lipinski definition) is 0. The molecule has 3 heteroatoms. The molecule has 0 radical (unpaired) electrons. The highest BCUT2D eigenvalue weighted by Crippen LogP contribution is 2.42. The third kappa shape index (κ3) is 5.17. The lowest BCUT2D eigenvalue weighted by Gasteiger charge is -2.34. The van der Waals surface area contributed by atoms with Crippen LogP contribution in [0.25, 0.3) is 66.1 Å². The van der Waals surface area contributed by atoms with Crippen molar-refractivity contribution in [3.05, 3.63) is 231 Å². The summed E-state index contributed by atoms with van der Waals surface area (Å²) in [6, 6.07) is 85.1. The van der Waals surface area contributed by atoms with Gasteiger partial charge < -0.3 is 9.13 Å². The van der Waals surface area contributed by atoms with Gasteiger partial charge in [0, 0.05) is 32.9 Å². The third-order valence-electron chi connectivity index (χ3n) is 11.8. The van der Waals surface area contributed by atoms with Crippen molar-refractivity contribution >= 4 is 72.4 Å². The molecule has 0 bridgehead atoms. The maximum atomic E-state index is 2.48. The Bertz CT molecular complexity index is 3110. The second-order valence-electron chi connectivity index (χ2n) is 14.9. The molecule has 0 fully saturated rings. The molecule has 11 rings (SSSR count). The molecule has 2 heterocycles. The molecule has 0 saturated carbocycles. The summed E-state index contributed by atoms with van der Waals surface area (Å²) in [5, 5.41) is 10.5. The smallest absolute Gasteiger partial charge is 0.179 e. The summed E-state index contributed by atoms with van der Waals surface area (Å²) >= 11 is 0. The fourth-order valence-corrected chi connectivity index (χ4v) is 14.2. The van der Waals surface area contributed by atoms with E-state index in [-0.39, 0.29) is 0 Å². The quantitative estimate of drug-likeness (QED) is 0.114. The van der Waals surface area contributed by atoms with Crippen LogP contribution in [0.15, 0.2) is 231 Å². The van der Waals surface area contributed by atoms with Gasteiger partial charge in [-0.3, -0.25) is 0 Å². The molecule has 0 aliphatic rings. The molecule has 2 aromatic heterocycles. The van der Waals surface area contributed by atoms with Crippen molar-refractivity contribution in [1.82, 2.24) is 9.13 Å². The highest BCUT2D eigenvalue weighted by molar-refractivity contribution is 7.19. The molecule has 0 spiro atoms. The number of aromatic nitrogens is 2. The van der Waals surface area contributed by atoms with E-state index in [2.05, 4.69) is 240 Å². The van der Waals surface area contributed by atoms with E-state index in [0.29, 0.717) is 0 Å². The van der Waals surface area contributed by atoms with Crippen LogP contribution >= 0.6 is 0 Å². The van der Waals surface area contributed by atoms with Gasteiger partial charge in [-0.15, -0.1) is 0 Å². The summed E-state index contributed by atoms with van der Waals surface area (Å²) in [6.07, 6.45) is 0. The molecule has 0 unspecified atom stereocenters. The first kappa shape index (κ1) is 33.2. The summed E-state index contributed by atoms with van der Waals surface area (Å²) in [4.78, 5) is 0. The zero-order valence-electron chi connectivity index (χ0n) is 31.3. The van der Waals surface area contributed by atoms with Gasteiger partial charge in [0.2, 0.25) is 0 Å². The molecule has 11 aromatic rings. The van der Waals surface area contributed by atoms with Gasteiger partial charge in [0.25, 0.3) is 0 Å². The predicted octanol–water partition coefficient (Wildman–Crippen LogP) is 10.9. The first-order chi connectivity index (χ1) is 28.3. The van der Waals surface area contributed by atoms with E-state index in [1.807, 2.05) is 0 Å². The van der Waals surface area contributed by atoms with E-state index in [4.69, 9.17) is 0 Å². The maximum Gasteiger partial charge on any atom is 0.179 e. The van der Waals surface area contributed by atoms with Gasteiger partial charge in [0.05, 0.1) is 22.1 Å². The van der Waals surface area contributed by atoms with Crippen molar-refractivity contribution in [2.45, 2.75) is 0 Å². The molecule has 2 nitrogen and oxygen atoms in total. The van der Waals surface area contributed by atoms with Crippen LogP contribution in [0.4, 0.5) is 0 Å². The van der Waals surface area contributed by atoms with E-state index < -0.39 is 8.07 Å². The van der Waals surface area contributed by atoms with Crippen molar-refractivity contribution in [3.63, 3.8) is 0 Å². The van der Waals surface area contributed by atoms with Gasteiger partial charge in [-0.1, -0.05) is 182 Å². The maximum absolute atomic E-state index is 2.69. The number of rotatable bonds is 7. The fourth-order valence-electron chi connectivity index (χ4n) is 9.44. The van der Waals surface area contributed by atoms with Crippen LogP contribution in [-0.4, -0.2) is 17.2 Å². The number of benzene rings is 9.